The summed E-state index contributed by atoms with van der Waals surface area (Å²) in [4.78, 5) is 49.3. The van der Waals surface area contributed by atoms with Gasteiger partial charge in [-0.15, -0.1) is 0 Å². The van der Waals surface area contributed by atoms with E-state index < -0.39 is 0 Å². The lowest BCUT2D eigenvalue weighted by Gasteiger charge is -2.21. The van der Waals surface area contributed by atoms with Crippen LogP contribution >= 0.6 is 0 Å². The maximum Gasteiger partial charge on any atom is 0.149 e. The van der Waals surface area contributed by atoms with E-state index >= 15 is 0 Å². The third kappa shape index (κ3) is 23.5. The zero-order valence-corrected chi connectivity index (χ0v) is 22.6. The molecular formula is C25H50N2O6. The first-order chi connectivity index (χ1) is 15.7. The van der Waals surface area contributed by atoms with Crippen LogP contribution in [0.25, 0.3) is 0 Å². The van der Waals surface area contributed by atoms with Gasteiger partial charge >= 0.3 is 0 Å². The largest absolute Gasteiger partial charge is 0.378 e. The number of carbonyl (C=O) groups is 4. The number of hydrogen-bond acceptors (Lipinski definition) is 8. The van der Waals surface area contributed by atoms with Crippen molar-refractivity contribution >= 4 is 23.6 Å². The van der Waals surface area contributed by atoms with Gasteiger partial charge in [0.2, 0.25) is 0 Å². The molecule has 0 radical (unpaired) electrons. The number of ether oxygens (including phenoxy) is 2. The van der Waals surface area contributed by atoms with Gasteiger partial charge in [-0.2, -0.15) is 0 Å². The minimum Gasteiger partial charge on any atom is -0.378 e. The Morgan fingerprint density at radius 2 is 1.09 bits per heavy atom. The van der Waals surface area contributed by atoms with E-state index in [0.717, 1.165) is 6.29 Å². The van der Waals surface area contributed by atoms with Crippen molar-refractivity contribution in [3.05, 3.63) is 0 Å². The van der Waals surface area contributed by atoms with Crippen LogP contribution in [-0.2, 0) is 28.7 Å². The SMILES string of the molecule is CC.CC.CC(=O)CN(CCOCCOCCN(CC=O)CC(=O)C(C)C)CC(=O)C(C)C. The van der Waals surface area contributed by atoms with Gasteiger partial charge in [0.15, 0.2) is 0 Å². The molecule has 8 heteroatoms. The molecule has 0 atom stereocenters. The van der Waals surface area contributed by atoms with Crippen LogP contribution in [0.1, 0.15) is 62.3 Å². The zero-order chi connectivity index (χ0) is 26.2. The maximum atomic E-state index is 11.9. The summed E-state index contributed by atoms with van der Waals surface area (Å²) in [5.74, 6) is 0.0950. The number of Topliss-reactive ketones (excluding diaryl/α,β-unsaturated/α-hetero) is 3. The van der Waals surface area contributed by atoms with Gasteiger partial charge in [-0.25, -0.2) is 0 Å². The van der Waals surface area contributed by atoms with Crippen LogP contribution in [0.5, 0.6) is 0 Å². The number of carbonyl (C=O) groups excluding carboxylic acids is 4. The molecule has 0 aromatic rings. The van der Waals surface area contributed by atoms with Gasteiger partial charge in [-0.3, -0.25) is 24.2 Å². The highest BCUT2D eigenvalue weighted by Gasteiger charge is 2.15. The minimum absolute atomic E-state index is 0.0146. The normalized spacial score (nSPS) is 10.6. The van der Waals surface area contributed by atoms with Gasteiger partial charge < -0.3 is 14.3 Å². The molecule has 196 valence electrons. The van der Waals surface area contributed by atoms with Crippen molar-refractivity contribution in [1.29, 1.82) is 0 Å². The molecule has 8 nitrogen and oxygen atoms in total. The van der Waals surface area contributed by atoms with E-state index in [-0.39, 0.29) is 55.4 Å². The summed E-state index contributed by atoms with van der Waals surface area (Å²) in [5, 5.41) is 0. The van der Waals surface area contributed by atoms with Crippen molar-refractivity contribution < 1.29 is 28.7 Å². The molecular weight excluding hydrogens is 424 g/mol. The molecule has 0 aliphatic carbocycles. The van der Waals surface area contributed by atoms with Gasteiger partial charge in [0.25, 0.3) is 0 Å². The first kappa shape index (κ1) is 36.1. The summed E-state index contributed by atoms with van der Waals surface area (Å²) >= 11 is 0. The summed E-state index contributed by atoms with van der Waals surface area (Å²) in [7, 11) is 0. The van der Waals surface area contributed by atoms with Crippen LogP contribution in [0, 0.1) is 11.8 Å². The molecule has 0 aliphatic heterocycles. The lowest BCUT2D eigenvalue weighted by molar-refractivity contribution is -0.125. The van der Waals surface area contributed by atoms with Crippen LogP contribution in [0.2, 0.25) is 0 Å². The van der Waals surface area contributed by atoms with Crippen molar-refractivity contribution in [3.8, 4) is 0 Å². The molecule has 0 spiro atoms. The summed E-state index contributed by atoms with van der Waals surface area (Å²) in [6.07, 6.45) is 0.785. The fourth-order valence-corrected chi connectivity index (χ4v) is 2.38. The van der Waals surface area contributed by atoms with Crippen molar-refractivity contribution in [2.75, 3.05) is 65.7 Å². The van der Waals surface area contributed by atoms with Gasteiger partial charge in [0.05, 0.1) is 52.6 Å². The fourth-order valence-electron chi connectivity index (χ4n) is 2.38. The predicted molar refractivity (Wildman–Crippen MR) is 134 cm³/mol. The van der Waals surface area contributed by atoms with E-state index in [1.807, 2.05) is 55.4 Å². The van der Waals surface area contributed by atoms with E-state index in [1.165, 1.54) is 6.92 Å². The van der Waals surface area contributed by atoms with Crippen LogP contribution in [0.4, 0.5) is 0 Å². The topological polar surface area (TPSA) is 93.2 Å². The third-order valence-electron chi connectivity index (χ3n) is 4.30. The van der Waals surface area contributed by atoms with Crippen LogP contribution in [-0.4, -0.2) is 99.1 Å². The quantitative estimate of drug-likeness (QED) is 0.208. The van der Waals surface area contributed by atoms with Crippen LogP contribution in [0.15, 0.2) is 0 Å². The molecule has 0 saturated heterocycles. The molecule has 0 saturated carbocycles. The van der Waals surface area contributed by atoms with E-state index in [4.69, 9.17) is 9.47 Å². The van der Waals surface area contributed by atoms with Crippen molar-refractivity contribution in [3.63, 3.8) is 0 Å². The smallest absolute Gasteiger partial charge is 0.149 e. The summed E-state index contributed by atoms with van der Waals surface area (Å²) in [6.45, 7) is 20.4. The number of nitrogens with zero attached hydrogens (tertiary/aromatic N) is 2. The Morgan fingerprint density at radius 3 is 1.45 bits per heavy atom. The van der Waals surface area contributed by atoms with E-state index in [2.05, 4.69) is 0 Å². The molecule has 0 amide bonds. The Morgan fingerprint density at radius 1 is 0.697 bits per heavy atom. The molecule has 0 aromatic heterocycles. The number of ketones is 3. The van der Waals surface area contributed by atoms with Crippen molar-refractivity contribution in [2.45, 2.75) is 62.3 Å². The highest BCUT2D eigenvalue weighted by molar-refractivity contribution is 5.83. The molecule has 0 fully saturated rings. The predicted octanol–water partition coefficient (Wildman–Crippen LogP) is 2.91. The Hall–Kier alpha value is -1.48. The molecule has 0 bridgehead atoms. The second kappa shape index (κ2) is 25.1. The summed E-state index contributed by atoms with van der Waals surface area (Å²) < 4.78 is 11.0. The third-order valence-corrected chi connectivity index (χ3v) is 4.30. The Bertz CT molecular complexity index is 509. The standard InChI is InChI=1S/C21H38N2O6.2C2H6/c1-17(2)20(26)15-22(6-9-24)7-10-28-12-13-29-11-8-23(14-19(5)25)16-21(27)18(3)4;2*1-2/h9,17-18H,6-8,10-16H2,1-5H3;2*1-2H3. The number of hydrogen-bond donors (Lipinski definition) is 0. The molecule has 0 aromatic carbocycles. The lowest BCUT2D eigenvalue weighted by atomic mass is 10.1. The Kier molecular flexibility index (Phi) is 27.5. The fraction of sp³-hybridized carbons (Fsp3) is 0.840. The van der Waals surface area contributed by atoms with Gasteiger partial charge in [-0.05, 0) is 6.92 Å². The Balaban J connectivity index is -0.00000212. The minimum atomic E-state index is -0.0617. The maximum absolute atomic E-state index is 11.9. The molecule has 33 heavy (non-hydrogen) atoms. The highest BCUT2D eigenvalue weighted by Crippen LogP contribution is 1.99. The van der Waals surface area contributed by atoms with Gasteiger partial charge in [0, 0.05) is 24.9 Å². The van der Waals surface area contributed by atoms with Crippen molar-refractivity contribution in [1.82, 2.24) is 9.80 Å². The van der Waals surface area contributed by atoms with Gasteiger partial charge in [-0.1, -0.05) is 55.4 Å². The van der Waals surface area contributed by atoms with Crippen molar-refractivity contribution in [2.24, 2.45) is 11.8 Å². The summed E-state index contributed by atoms with van der Waals surface area (Å²) in [6, 6.07) is 0. The Labute approximate surface area is 202 Å². The van der Waals surface area contributed by atoms with E-state index in [1.54, 1.807) is 9.80 Å². The number of aldehydes is 1. The molecule has 0 aliphatic rings. The molecule has 0 N–H and O–H groups in total. The van der Waals surface area contributed by atoms with Crippen LogP contribution in [0.3, 0.4) is 0 Å². The average Bonchev–Trinajstić information content (AvgIpc) is 2.77. The first-order valence-corrected chi connectivity index (χ1v) is 12.3. The van der Waals surface area contributed by atoms with E-state index in [0.29, 0.717) is 39.5 Å². The monoisotopic (exact) mass is 474 g/mol. The van der Waals surface area contributed by atoms with E-state index in [9.17, 15) is 19.2 Å². The lowest BCUT2D eigenvalue weighted by Crippen LogP contribution is -2.37. The average molecular weight is 475 g/mol. The molecule has 0 unspecified atom stereocenters. The van der Waals surface area contributed by atoms with Gasteiger partial charge in [0.1, 0.15) is 23.6 Å². The number of rotatable bonds is 19. The summed E-state index contributed by atoms with van der Waals surface area (Å²) in [5.41, 5.74) is 0. The first-order valence-electron chi connectivity index (χ1n) is 12.3. The van der Waals surface area contributed by atoms with Crippen LogP contribution < -0.4 is 0 Å². The zero-order valence-electron chi connectivity index (χ0n) is 22.6. The second-order valence-electron chi connectivity index (χ2n) is 7.78. The second-order valence-corrected chi connectivity index (χ2v) is 7.78. The highest BCUT2D eigenvalue weighted by atomic mass is 16.5. The molecule has 0 heterocycles. The molecule has 0 rings (SSSR count).